The average molecular weight is 579 g/mol. The number of benzene rings is 2. The Balaban J connectivity index is 2.03. The highest BCUT2D eigenvalue weighted by Gasteiger charge is 2.51. The Labute approximate surface area is 214 Å². The van der Waals surface area contributed by atoms with E-state index in [1.165, 1.54) is 0 Å². The molecule has 1 saturated heterocycles. The van der Waals surface area contributed by atoms with Gasteiger partial charge in [-0.3, -0.25) is 0 Å². The Hall–Kier alpha value is -2.48. The third-order valence-electron chi connectivity index (χ3n) is 7.42. The highest BCUT2D eigenvalue weighted by Crippen LogP contribution is 2.48. The van der Waals surface area contributed by atoms with Gasteiger partial charge < -0.3 is 10.4 Å². The molecule has 0 spiro atoms. The lowest BCUT2D eigenvalue weighted by Gasteiger charge is -2.37. The predicted molar refractivity (Wildman–Crippen MR) is 113 cm³/mol. The number of alkyl halides is 12. The quantitative estimate of drug-likeness (QED) is 0.362. The number of rotatable bonds is 3. The molecule has 1 aliphatic carbocycles. The number of nitrogens with one attached hydrogen (secondary N) is 1. The first kappa shape index (κ1) is 29.5. The lowest BCUT2D eigenvalue weighted by molar-refractivity contribution is -0.144. The Kier molecular flexibility index (Phi) is 7.24. The molecule has 2 aliphatic rings. The molecule has 0 radical (unpaired) electrons. The van der Waals surface area contributed by atoms with Gasteiger partial charge in [0.2, 0.25) is 0 Å². The standard InChI is InChI=1S/C25H21F12NO/c26-22(27,28)15-6-13(7-16(10-15)23(29,30)31)21(39,20-5-12-3-1-2-4-19(12)38-20)14-8-17(24(32,33)34)11-18(9-14)25(35,36)37/h6-12,19-20,38-39H,1-5H2/t12-,19-,20-/m0/s1. The molecule has 216 valence electrons. The van der Waals surface area contributed by atoms with Gasteiger partial charge in [0.25, 0.3) is 0 Å². The number of aliphatic hydroxyl groups is 1. The van der Waals surface area contributed by atoms with Gasteiger partial charge >= 0.3 is 24.7 Å². The van der Waals surface area contributed by atoms with Crippen LogP contribution in [0.1, 0.15) is 65.5 Å². The van der Waals surface area contributed by atoms with E-state index in [4.69, 9.17) is 0 Å². The minimum absolute atomic E-state index is 0.101. The first-order chi connectivity index (χ1) is 17.7. The van der Waals surface area contributed by atoms with Crippen molar-refractivity contribution in [3.63, 3.8) is 0 Å². The fourth-order valence-electron chi connectivity index (χ4n) is 5.55. The molecule has 2 nitrogen and oxygen atoms in total. The molecule has 4 rings (SSSR count). The van der Waals surface area contributed by atoms with Gasteiger partial charge in [-0.25, -0.2) is 0 Å². The van der Waals surface area contributed by atoms with E-state index in [9.17, 15) is 57.8 Å². The molecule has 2 fully saturated rings. The van der Waals surface area contributed by atoms with Gasteiger partial charge in [-0.1, -0.05) is 12.8 Å². The number of fused-ring (bicyclic) bond motifs is 1. The van der Waals surface area contributed by atoms with Crippen molar-refractivity contribution < 1.29 is 57.8 Å². The minimum atomic E-state index is -5.38. The van der Waals surface area contributed by atoms with Crippen molar-refractivity contribution in [3.8, 4) is 0 Å². The largest absolute Gasteiger partial charge is 0.416 e. The van der Waals surface area contributed by atoms with Gasteiger partial charge in [-0.2, -0.15) is 52.7 Å². The second-order valence-electron chi connectivity index (χ2n) is 9.96. The molecule has 0 unspecified atom stereocenters. The molecule has 14 heteroatoms. The summed E-state index contributed by atoms with van der Waals surface area (Å²) in [5.74, 6) is -0.240. The summed E-state index contributed by atoms with van der Waals surface area (Å²) < 4.78 is 163. The second-order valence-corrected chi connectivity index (χ2v) is 9.96. The number of hydrogen-bond donors (Lipinski definition) is 2. The van der Waals surface area contributed by atoms with Crippen LogP contribution in [0.5, 0.6) is 0 Å². The van der Waals surface area contributed by atoms with Gasteiger partial charge in [0.15, 0.2) is 0 Å². The normalized spacial score (nSPS) is 23.2. The lowest BCUT2D eigenvalue weighted by Crippen LogP contribution is -2.48. The highest BCUT2D eigenvalue weighted by molar-refractivity contribution is 5.47. The van der Waals surface area contributed by atoms with Crippen LogP contribution in [0.4, 0.5) is 52.7 Å². The van der Waals surface area contributed by atoms with E-state index in [0.29, 0.717) is 19.3 Å². The van der Waals surface area contributed by atoms with Gasteiger partial charge in [-0.15, -0.1) is 0 Å². The van der Waals surface area contributed by atoms with Crippen LogP contribution in [0.3, 0.4) is 0 Å². The fourth-order valence-corrected chi connectivity index (χ4v) is 5.55. The van der Waals surface area contributed by atoms with Gasteiger partial charge in [0, 0.05) is 12.1 Å². The first-order valence-electron chi connectivity index (χ1n) is 11.8. The van der Waals surface area contributed by atoms with E-state index >= 15 is 0 Å². The number of hydrogen-bond acceptors (Lipinski definition) is 2. The highest BCUT2D eigenvalue weighted by atomic mass is 19.4. The summed E-state index contributed by atoms with van der Waals surface area (Å²) >= 11 is 0. The summed E-state index contributed by atoms with van der Waals surface area (Å²) in [6.07, 6.45) is -19.1. The molecular formula is C25H21F12NO. The summed E-state index contributed by atoms with van der Waals surface area (Å²) in [4.78, 5) is 0. The van der Waals surface area contributed by atoms with Crippen molar-refractivity contribution in [2.75, 3.05) is 0 Å². The van der Waals surface area contributed by atoms with Crippen LogP contribution in [0.2, 0.25) is 0 Å². The Bertz CT molecular complexity index is 1060. The van der Waals surface area contributed by atoms with Crippen molar-refractivity contribution in [2.24, 2.45) is 5.92 Å². The van der Waals surface area contributed by atoms with Crippen molar-refractivity contribution in [2.45, 2.75) is 74.5 Å². The monoisotopic (exact) mass is 579 g/mol. The number of halogens is 12. The van der Waals surface area contributed by atoms with Gasteiger partial charge in [0.1, 0.15) is 5.60 Å². The molecule has 1 aliphatic heterocycles. The van der Waals surface area contributed by atoms with E-state index in [0.717, 1.165) is 6.42 Å². The zero-order valence-electron chi connectivity index (χ0n) is 19.7. The van der Waals surface area contributed by atoms with E-state index in [-0.39, 0.29) is 54.8 Å². The van der Waals surface area contributed by atoms with Crippen LogP contribution in [0.25, 0.3) is 0 Å². The zero-order valence-corrected chi connectivity index (χ0v) is 19.7. The summed E-state index contributed by atoms with van der Waals surface area (Å²) in [6.45, 7) is 0. The first-order valence-corrected chi connectivity index (χ1v) is 11.8. The van der Waals surface area contributed by atoms with E-state index in [1.807, 2.05) is 0 Å². The topological polar surface area (TPSA) is 32.3 Å². The van der Waals surface area contributed by atoms with E-state index < -0.39 is 69.7 Å². The van der Waals surface area contributed by atoms with Gasteiger partial charge in [0.05, 0.1) is 22.3 Å². The molecule has 0 aromatic heterocycles. The van der Waals surface area contributed by atoms with Crippen molar-refractivity contribution >= 4 is 0 Å². The van der Waals surface area contributed by atoms with Crippen molar-refractivity contribution in [1.82, 2.24) is 5.32 Å². The van der Waals surface area contributed by atoms with Crippen LogP contribution in [-0.2, 0) is 30.3 Å². The van der Waals surface area contributed by atoms with Crippen LogP contribution in [-0.4, -0.2) is 17.2 Å². The van der Waals surface area contributed by atoms with Crippen LogP contribution in [0.15, 0.2) is 36.4 Å². The zero-order chi connectivity index (χ0) is 29.2. The summed E-state index contributed by atoms with van der Waals surface area (Å²) in [5, 5.41) is 14.8. The Morgan fingerprint density at radius 2 is 0.872 bits per heavy atom. The summed E-state index contributed by atoms with van der Waals surface area (Å²) in [5.41, 5.74) is -12.9. The maximum Gasteiger partial charge on any atom is 0.416 e. The molecule has 1 saturated carbocycles. The Morgan fingerprint density at radius 1 is 0.538 bits per heavy atom. The molecule has 2 N–H and O–H groups in total. The molecular weight excluding hydrogens is 558 g/mol. The predicted octanol–water partition coefficient (Wildman–Crippen LogP) is 7.92. The molecule has 2 aromatic rings. The van der Waals surface area contributed by atoms with Crippen LogP contribution in [0, 0.1) is 5.92 Å². The average Bonchev–Trinajstić information content (AvgIpc) is 3.25. The fraction of sp³-hybridized carbons (Fsp3) is 0.520. The molecule has 2 aromatic carbocycles. The molecule has 1 heterocycles. The van der Waals surface area contributed by atoms with Crippen LogP contribution >= 0.6 is 0 Å². The third kappa shape index (κ3) is 5.86. The molecule has 3 atom stereocenters. The van der Waals surface area contributed by atoms with E-state index in [1.54, 1.807) is 0 Å². The lowest BCUT2D eigenvalue weighted by atomic mass is 9.75. The SMILES string of the molecule is OC(c1cc(C(F)(F)F)cc(C(F)(F)F)c1)(c1cc(C(F)(F)F)cc(C(F)(F)F)c1)[C@@H]1C[C@@H]2CCCC[C@@H]2N1. The molecule has 0 amide bonds. The van der Waals surface area contributed by atoms with Crippen LogP contribution < -0.4 is 5.32 Å². The molecule has 0 bridgehead atoms. The Morgan fingerprint density at radius 3 is 1.21 bits per heavy atom. The smallest absolute Gasteiger partial charge is 0.379 e. The maximum atomic E-state index is 13.6. The van der Waals surface area contributed by atoms with E-state index in [2.05, 4.69) is 5.32 Å². The maximum absolute atomic E-state index is 13.6. The summed E-state index contributed by atoms with van der Waals surface area (Å²) in [6, 6.07) is -1.81. The minimum Gasteiger partial charge on any atom is -0.379 e. The second kappa shape index (κ2) is 9.57. The molecule has 39 heavy (non-hydrogen) atoms. The summed E-state index contributed by atoms with van der Waals surface area (Å²) in [7, 11) is 0. The van der Waals surface area contributed by atoms with Crippen molar-refractivity contribution in [3.05, 3.63) is 69.8 Å². The van der Waals surface area contributed by atoms with Gasteiger partial charge in [-0.05, 0) is 72.7 Å². The third-order valence-corrected chi connectivity index (χ3v) is 7.42. The van der Waals surface area contributed by atoms with Crippen molar-refractivity contribution in [1.29, 1.82) is 0 Å².